The summed E-state index contributed by atoms with van der Waals surface area (Å²) in [6.45, 7) is 3.86. The number of benzene rings is 1. The van der Waals surface area contributed by atoms with E-state index in [4.69, 9.17) is 4.74 Å². The van der Waals surface area contributed by atoms with Crippen molar-refractivity contribution in [3.63, 3.8) is 0 Å². The van der Waals surface area contributed by atoms with Gasteiger partial charge in [0.25, 0.3) is 0 Å². The van der Waals surface area contributed by atoms with Gasteiger partial charge >= 0.3 is 0 Å². The smallest absolute Gasteiger partial charge is 0.125 e. The molecule has 0 bridgehead atoms. The maximum atomic E-state index is 5.84. The highest BCUT2D eigenvalue weighted by molar-refractivity contribution is 9.10. The van der Waals surface area contributed by atoms with Gasteiger partial charge in [0.15, 0.2) is 0 Å². The van der Waals surface area contributed by atoms with Gasteiger partial charge in [-0.25, -0.2) is 0 Å². The van der Waals surface area contributed by atoms with E-state index in [0.717, 1.165) is 36.2 Å². The number of nitrogens with one attached hydrogen (secondary N) is 1. The molecular weight excluding hydrogens is 328 g/mol. The van der Waals surface area contributed by atoms with Gasteiger partial charge in [-0.05, 0) is 53.9 Å². The number of likely N-dealkylation sites (N-methyl/N-ethyl adjacent to an activating group) is 1. The zero-order chi connectivity index (χ0) is 14.7. The molecule has 1 aromatic heterocycles. The van der Waals surface area contributed by atoms with Gasteiger partial charge in [0.05, 0.1) is 6.61 Å². The lowest BCUT2D eigenvalue weighted by Gasteiger charge is -2.20. The van der Waals surface area contributed by atoms with Crippen LogP contribution in [0.15, 0.2) is 41.1 Å². The molecule has 0 fully saturated rings. The van der Waals surface area contributed by atoms with Crippen LogP contribution in [0.3, 0.4) is 0 Å². The third kappa shape index (κ3) is 3.27. The van der Waals surface area contributed by atoms with Gasteiger partial charge in [0, 0.05) is 29.3 Å². The third-order valence-corrected chi connectivity index (χ3v) is 4.27. The van der Waals surface area contributed by atoms with Gasteiger partial charge in [-0.1, -0.05) is 22.9 Å². The van der Waals surface area contributed by atoms with E-state index in [1.165, 1.54) is 16.7 Å². The molecule has 3 rings (SSSR count). The van der Waals surface area contributed by atoms with E-state index in [1.807, 2.05) is 12.4 Å². The zero-order valence-electron chi connectivity index (χ0n) is 12.1. The molecule has 1 unspecified atom stereocenters. The Balaban J connectivity index is 1.90. The molecule has 2 heterocycles. The number of rotatable bonds is 5. The largest absolute Gasteiger partial charge is 0.493 e. The van der Waals surface area contributed by atoms with E-state index >= 15 is 0 Å². The predicted octanol–water partition coefficient (Wildman–Crippen LogP) is 3.67. The van der Waals surface area contributed by atoms with Gasteiger partial charge in [0.2, 0.25) is 0 Å². The fraction of sp³-hybridized carbons (Fsp3) is 0.353. The quantitative estimate of drug-likeness (QED) is 0.896. The summed E-state index contributed by atoms with van der Waals surface area (Å²) in [7, 11) is 0. The summed E-state index contributed by atoms with van der Waals surface area (Å²) in [5.41, 5.74) is 3.84. The molecule has 21 heavy (non-hydrogen) atoms. The van der Waals surface area contributed by atoms with E-state index in [0.29, 0.717) is 0 Å². The number of halogens is 1. The number of hydrogen-bond donors (Lipinski definition) is 1. The second-order valence-electron chi connectivity index (χ2n) is 5.25. The number of aromatic nitrogens is 1. The lowest BCUT2D eigenvalue weighted by Crippen LogP contribution is -2.23. The average molecular weight is 347 g/mol. The first kappa shape index (κ1) is 14.5. The minimum atomic E-state index is 0.278. The third-order valence-electron chi connectivity index (χ3n) is 3.81. The lowest BCUT2D eigenvalue weighted by atomic mass is 9.97. The maximum absolute atomic E-state index is 5.84. The second kappa shape index (κ2) is 6.58. The molecule has 4 heteroatoms. The molecule has 0 spiro atoms. The number of nitrogens with zero attached hydrogens (tertiary/aromatic N) is 1. The molecule has 1 aliphatic heterocycles. The Kier molecular flexibility index (Phi) is 4.56. The first-order valence-electron chi connectivity index (χ1n) is 7.35. The summed E-state index contributed by atoms with van der Waals surface area (Å²) in [4.78, 5) is 4.11. The Morgan fingerprint density at radius 3 is 2.90 bits per heavy atom. The van der Waals surface area contributed by atoms with Crippen LogP contribution < -0.4 is 10.1 Å². The highest BCUT2D eigenvalue weighted by Crippen LogP contribution is 2.35. The molecule has 0 amide bonds. The van der Waals surface area contributed by atoms with E-state index in [-0.39, 0.29) is 6.04 Å². The Bertz CT molecular complexity index is 616. The standard InChI is InChI=1S/C17H19BrN2O/c1-2-20-16(12-3-6-19-7-4-12)11-14-10-15(18)9-13-5-8-21-17(13)14/h3-4,6-7,9-10,16,20H,2,5,8,11H2,1H3. The fourth-order valence-corrected chi connectivity index (χ4v) is 3.42. The first-order valence-corrected chi connectivity index (χ1v) is 8.14. The van der Waals surface area contributed by atoms with Crippen molar-refractivity contribution in [3.8, 4) is 5.75 Å². The van der Waals surface area contributed by atoms with Crippen molar-refractivity contribution >= 4 is 15.9 Å². The van der Waals surface area contributed by atoms with Crippen LogP contribution in [0.1, 0.15) is 29.7 Å². The van der Waals surface area contributed by atoms with Gasteiger partial charge in [-0.2, -0.15) is 0 Å². The van der Waals surface area contributed by atoms with Crippen LogP contribution in [0.5, 0.6) is 5.75 Å². The molecule has 0 saturated heterocycles. The molecule has 2 aromatic rings. The van der Waals surface area contributed by atoms with E-state index in [9.17, 15) is 0 Å². The maximum Gasteiger partial charge on any atom is 0.125 e. The summed E-state index contributed by atoms with van der Waals surface area (Å²) in [5, 5.41) is 3.56. The van der Waals surface area contributed by atoms with Crippen LogP contribution in [0.4, 0.5) is 0 Å². The van der Waals surface area contributed by atoms with Gasteiger partial charge in [-0.15, -0.1) is 0 Å². The van der Waals surface area contributed by atoms with Crippen molar-refractivity contribution in [1.29, 1.82) is 0 Å². The van der Waals surface area contributed by atoms with E-state index in [1.54, 1.807) is 0 Å². The van der Waals surface area contributed by atoms with E-state index < -0.39 is 0 Å². The highest BCUT2D eigenvalue weighted by Gasteiger charge is 2.20. The average Bonchev–Trinajstić information content (AvgIpc) is 2.96. The summed E-state index contributed by atoms with van der Waals surface area (Å²) < 4.78 is 6.97. The van der Waals surface area contributed by atoms with Crippen molar-refractivity contribution < 1.29 is 4.74 Å². The van der Waals surface area contributed by atoms with Gasteiger partial charge < -0.3 is 10.1 Å². The van der Waals surface area contributed by atoms with Crippen LogP contribution >= 0.6 is 15.9 Å². The fourth-order valence-electron chi connectivity index (χ4n) is 2.87. The Morgan fingerprint density at radius 2 is 2.14 bits per heavy atom. The number of fused-ring (bicyclic) bond motifs is 1. The van der Waals surface area contributed by atoms with Crippen molar-refractivity contribution in [1.82, 2.24) is 10.3 Å². The monoisotopic (exact) mass is 346 g/mol. The number of pyridine rings is 1. The lowest BCUT2D eigenvalue weighted by molar-refractivity contribution is 0.351. The van der Waals surface area contributed by atoms with Crippen LogP contribution in [-0.4, -0.2) is 18.1 Å². The summed E-state index contributed by atoms with van der Waals surface area (Å²) in [6, 6.07) is 8.77. The molecule has 0 radical (unpaired) electrons. The zero-order valence-corrected chi connectivity index (χ0v) is 13.7. The van der Waals surface area contributed by atoms with Crippen molar-refractivity contribution in [2.75, 3.05) is 13.2 Å². The number of ether oxygens (including phenoxy) is 1. The van der Waals surface area contributed by atoms with Gasteiger partial charge in [-0.3, -0.25) is 4.98 Å². The molecule has 1 atom stereocenters. The highest BCUT2D eigenvalue weighted by atomic mass is 79.9. The molecule has 110 valence electrons. The molecule has 3 nitrogen and oxygen atoms in total. The summed E-state index contributed by atoms with van der Waals surface area (Å²) in [5.74, 6) is 1.08. The Morgan fingerprint density at radius 1 is 1.33 bits per heavy atom. The minimum Gasteiger partial charge on any atom is -0.493 e. The molecule has 1 aliphatic rings. The topological polar surface area (TPSA) is 34.1 Å². The first-order chi connectivity index (χ1) is 10.3. The molecule has 0 saturated carbocycles. The normalized spacial score (nSPS) is 14.6. The molecular formula is C17H19BrN2O. The Hall–Kier alpha value is -1.39. The van der Waals surface area contributed by atoms with Crippen molar-refractivity contribution in [3.05, 3.63) is 57.8 Å². The molecule has 1 aromatic carbocycles. The minimum absolute atomic E-state index is 0.278. The predicted molar refractivity (Wildman–Crippen MR) is 87.7 cm³/mol. The van der Waals surface area contributed by atoms with E-state index in [2.05, 4.69) is 57.4 Å². The second-order valence-corrected chi connectivity index (χ2v) is 6.16. The summed E-state index contributed by atoms with van der Waals surface area (Å²) in [6.07, 6.45) is 5.62. The van der Waals surface area contributed by atoms with Crippen molar-refractivity contribution in [2.45, 2.75) is 25.8 Å². The molecule has 1 N–H and O–H groups in total. The SMILES string of the molecule is CCNC(Cc1cc(Br)cc2c1OCC2)c1ccncc1. The Labute approximate surface area is 133 Å². The van der Waals surface area contributed by atoms with Crippen molar-refractivity contribution in [2.24, 2.45) is 0 Å². The van der Waals surface area contributed by atoms with Crippen LogP contribution in [0.25, 0.3) is 0 Å². The summed E-state index contributed by atoms with van der Waals surface area (Å²) >= 11 is 3.61. The van der Waals surface area contributed by atoms with Crippen LogP contribution in [-0.2, 0) is 12.8 Å². The van der Waals surface area contributed by atoms with Crippen LogP contribution in [0, 0.1) is 0 Å². The van der Waals surface area contributed by atoms with Crippen LogP contribution in [0.2, 0.25) is 0 Å². The molecule has 0 aliphatic carbocycles. The van der Waals surface area contributed by atoms with Gasteiger partial charge in [0.1, 0.15) is 5.75 Å². The number of hydrogen-bond acceptors (Lipinski definition) is 3.